The van der Waals surface area contributed by atoms with Crippen LogP contribution in [0, 0.1) is 5.92 Å². The Morgan fingerprint density at radius 3 is 3.08 bits per heavy atom. The number of thiophene rings is 1. The quantitative estimate of drug-likeness (QED) is 0.775. The zero-order chi connectivity index (χ0) is 17.1. The van der Waals surface area contributed by atoms with Crippen molar-refractivity contribution < 1.29 is 4.79 Å². The maximum absolute atomic E-state index is 12.5. The van der Waals surface area contributed by atoms with Gasteiger partial charge in [-0.2, -0.15) is 11.3 Å². The molecular formula is C17H18N6OS. The number of hydrogen-bond donors (Lipinski definition) is 1. The Bertz CT molecular complexity index is 845. The SMILES string of the molecule is O=C(NCc1ccsc1)C1CCc2nnc(-c3cnccn3)n2CC1. The molecule has 1 amide bonds. The summed E-state index contributed by atoms with van der Waals surface area (Å²) < 4.78 is 2.07. The van der Waals surface area contributed by atoms with Gasteiger partial charge in [-0.15, -0.1) is 10.2 Å². The highest BCUT2D eigenvalue weighted by Gasteiger charge is 2.25. The topological polar surface area (TPSA) is 85.6 Å². The summed E-state index contributed by atoms with van der Waals surface area (Å²) in [5.74, 6) is 1.75. The minimum absolute atomic E-state index is 0.00459. The fourth-order valence-electron chi connectivity index (χ4n) is 3.08. The molecule has 3 aromatic rings. The van der Waals surface area contributed by atoms with E-state index in [1.165, 1.54) is 0 Å². The molecule has 1 unspecified atom stereocenters. The fraction of sp³-hybridized carbons (Fsp3) is 0.353. The molecule has 0 saturated heterocycles. The van der Waals surface area contributed by atoms with Crippen molar-refractivity contribution >= 4 is 17.2 Å². The summed E-state index contributed by atoms with van der Waals surface area (Å²) >= 11 is 1.64. The molecule has 8 heteroatoms. The van der Waals surface area contributed by atoms with Crippen LogP contribution in [0.3, 0.4) is 0 Å². The number of aryl methyl sites for hydroxylation is 1. The molecule has 7 nitrogen and oxygen atoms in total. The highest BCUT2D eigenvalue weighted by Crippen LogP contribution is 2.24. The molecule has 1 N–H and O–H groups in total. The van der Waals surface area contributed by atoms with E-state index in [0.717, 1.165) is 36.5 Å². The first kappa shape index (κ1) is 15.9. The zero-order valence-corrected chi connectivity index (χ0v) is 14.4. The van der Waals surface area contributed by atoms with E-state index in [-0.39, 0.29) is 11.8 Å². The lowest BCUT2D eigenvalue weighted by Gasteiger charge is -2.13. The monoisotopic (exact) mass is 354 g/mol. The molecule has 0 radical (unpaired) electrons. The molecule has 0 bridgehead atoms. The van der Waals surface area contributed by atoms with Gasteiger partial charge < -0.3 is 9.88 Å². The minimum Gasteiger partial charge on any atom is -0.352 e. The van der Waals surface area contributed by atoms with Gasteiger partial charge in [-0.1, -0.05) is 0 Å². The summed E-state index contributed by atoms with van der Waals surface area (Å²) in [6.45, 7) is 1.31. The van der Waals surface area contributed by atoms with Gasteiger partial charge in [0.05, 0.1) is 6.20 Å². The molecular weight excluding hydrogens is 336 g/mol. The lowest BCUT2D eigenvalue weighted by Crippen LogP contribution is -2.30. The highest BCUT2D eigenvalue weighted by atomic mass is 32.1. The van der Waals surface area contributed by atoms with E-state index in [4.69, 9.17) is 0 Å². The molecule has 1 atom stereocenters. The van der Waals surface area contributed by atoms with Gasteiger partial charge in [-0.05, 0) is 35.2 Å². The third kappa shape index (κ3) is 3.43. The smallest absolute Gasteiger partial charge is 0.223 e. The Kier molecular flexibility index (Phi) is 4.51. The van der Waals surface area contributed by atoms with Crippen LogP contribution in [0.4, 0.5) is 0 Å². The molecule has 25 heavy (non-hydrogen) atoms. The summed E-state index contributed by atoms with van der Waals surface area (Å²) in [5.41, 5.74) is 1.86. The van der Waals surface area contributed by atoms with Crippen LogP contribution in [0.5, 0.6) is 0 Å². The molecule has 0 aromatic carbocycles. The Morgan fingerprint density at radius 2 is 2.28 bits per heavy atom. The second-order valence-corrected chi connectivity index (χ2v) is 6.84. The van der Waals surface area contributed by atoms with Crippen LogP contribution >= 0.6 is 11.3 Å². The van der Waals surface area contributed by atoms with Crippen molar-refractivity contribution in [1.29, 1.82) is 0 Å². The number of rotatable bonds is 4. The van der Waals surface area contributed by atoms with Crippen LogP contribution in [-0.2, 0) is 24.3 Å². The molecule has 4 heterocycles. The molecule has 0 spiro atoms. The van der Waals surface area contributed by atoms with Crippen molar-refractivity contribution in [3.8, 4) is 11.5 Å². The van der Waals surface area contributed by atoms with Gasteiger partial charge in [-0.25, -0.2) is 4.98 Å². The predicted octanol–water partition coefficient (Wildman–Crippen LogP) is 2.07. The fourth-order valence-corrected chi connectivity index (χ4v) is 3.75. The van der Waals surface area contributed by atoms with Crippen molar-refractivity contribution in [1.82, 2.24) is 30.0 Å². The van der Waals surface area contributed by atoms with Gasteiger partial charge >= 0.3 is 0 Å². The normalized spacial score (nSPS) is 16.9. The Labute approximate surface area is 149 Å². The van der Waals surface area contributed by atoms with Gasteiger partial charge in [0.1, 0.15) is 11.5 Å². The van der Waals surface area contributed by atoms with Crippen molar-refractivity contribution in [3.63, 3.8) is 0 Å². The molecule has 0 fully saturated rings. The highest BCUT2D eigenvalue weighted by molar-refractivity contribution is 7.07. The maximum Gasteiger partial charge on any atom is 0.223 e. The molecule has 4 rings (SSSR count). The standard InChI is InChI=1S/C17H18N6OS/c24-17(20-9-12-4-8-25-11-12)13-1-2-15-21-22-16(23(15)7-3-13)14-10-18-5-6-19-14/h4-6,8,10-11,13H,1-3,7,9H2,(H,20,24). The van der Waals surface area contributed by atoms with Crippen LogP contribution in [0.15, 0.2) is 35.4 Å². The van der Waals surface area contributed by atoms with Crippen molar-refractivity contribution in [3.05, 3.63) is 46.8 Å². The van der Waals surface area contributed by atoms with Crippen LogP contribution in [-0.4, -0.2) is 30.6 Å². The number of carbonyl (C=O) groups excluding carboxylic acids is 1. The number of nitrogens with one attached hydrogen (secondary N) is 1. The van der Waals surface area contributed by atoms with Gasteiger partial charge in [0, 0.05) is 37.8 Å². The van der Waals surface area contributed by atoms with E-state index in [0.29, 0.717) is 18.8 Å². The molecule has 1 aliphatic rings. The first-order chi connectivity index (χ1) is 12.3. The third-order valence-electron chi connectivity index (χ3n) is 4.45. The first-order valence-corrected chi connectivity index (χ1v) is 9.23. The van der Waals surface area contributed by atoms with Crippen molar-refractivity contribution in [2.24, 2.45) is 5.92 Å². The van der Waals surface area contributed by atoms with Gasteiger partial charge in [-0.3, -0.25) is 9.78 Å². The summed E-state index contributed by atoms with van der Waals surface area (Å²) in [4.78, 5) is 20.9. The van der Waals surface area contributed by atoms with E-state index in [1.54, 1.807) is 29.9 Å². The molecule has 3 aromatic heterocycles. The number of amides is 1. The average Bonchev–Trinajstić information content (AvgIpc) is 3.26. The zero-order valence-electron chi connectivity index (χ0n) is 13.6. The van der Waals surface area contributed by atoms with Gasteiger partial charge in [0.25, 0.3) is 0 Å². The lowest BCUT2D eigenvalue weighted by molar-refractivity contribution is -0.125. The van der Waals surface area contributed by atoms with Crippen molar-refractivity contribution in [2.45, 2.75) is 32.4 Å². The Balaban J connectivity index is 1.43. The van der Waals surface area contributed by atoms with E-state index in [2.05, 4.69) is 35.4 Å². The number of nitrogens with zero attached hydrogens (tertiary/aromatic N) is 5. The third-order valence-corrected chi connectivity index (χ3v) is 5.19. The summed E-state index contributed by atoms with van der Waals surface area (Å²) in [6.07, 6.45) is 7.27. The summed E-state index contributed by atoms with van der Waals surface area (Å²) in [6, 6.07) is 2.03. The van der Waals surface area contributed by atoms with Crippen molar-refractivity contribution in [2.75, 3.05) is 0 Å². The first-order valence-electron chi connectivity index (χ1n) is 8.28. The van der Waals surface area contributed by atoms with Crippen LogP contribution in [0.25, 0.3) is 11.5 Å². The maximum atomic E-state index is 12.5. The minimum atomic E-state index is -0.00459. The molecule has 1 aliphatic heterocycles. The number of fused-ring (bicyclic) bond motifs is 1. The van der Waals surface area contributed by atoms with E-state index < -0.39 is 0 Å². The second kappa shape index (κ2) is 7.10. The van der Waals surface area contributed by atoms with E-state index in [1.807, 2.05) is 11.4 Å². The molecule has 0 aliphatic carbocycles. The van der Waals surface area contributed by atoms with Crippen LogP contribution in [0.1, 0.15) is 24.2 Å². The van der Waals surface area contributed by atoms with Gasteiger partial charge in [0.15, 0.2) is 5.82 Å². The average molecular weight is 354 g/mol. The van der Waals surface area contributed by atoms with Crippen LogP contribution < -0.4 is 5.32 Å². The largest absolute Gasteiger partial charge is 0.352 e. The van der Waals surface area contributed by atoms with Gasteiger partial charge in [0.2, 0.25) is 5.91 Å². The predicted molar refractivity (Wildman–Crippen MR) is 93.6 cm³/mol. The lowest BCUT2D eigenvalue weighted by atomic mass is 9.99. The van der Waals surface area contributed by atoms with E-state index in [9.17, 15) is 4.79 Å². The summed E-state index contributed by atoms with van der Waals surface area (Å²) in [7, 11) is 0. The molecule has 128 valence electrons. The molecule has 0 saturated carbocycles. The Morgan fingerprint density at radius 1 is 1.32 bits per heavy atom. The number of aromatic nitrogens is 5. The second-order valence-electron chi connectivity index (χ2n) is 6.06. The van der Waals surface area contributed by atoms with E-state index >= 15 is 0 Å². The summed E-state index contributed by atoms with van der Waals surface area (Å²) in [5, 5.41) is 15.7. The number of hydrogen-bond acceptors (Lipinski definition) is 6. The van der Waals surface area contributed by atoms with Crippen LogP contribution in [0.2, 0.25) is 0 Å². The Hall–Kier alpha value is -2.61. The number of carbonyl (C=O) groups is 1.